The second kappa shape index (κ2) is 4.12. The van der Waals surface area contributed by atoms with Crippen molar-refractivity contribution in [2.24, 2.45) is 0 Å². The standard InChI is InChI=1S/C16H14O3/c1-9-4-5-10-11(6-9)12-7-14(18-2)15(19-3)8-13(12)16(10)17/h4-8H,1-3H3. The van der Waals surface area contributed by atoms with Crippen LogP contribution in [-0.4, -0.2) is 20.0 Å². The number of rotatable bonds is 2. The van der Waals surface area contributed by atoms with Gasteiger partial charge in [0.05, 0.1) is 14.2 Å². The van der Waals surface area contributed by atoms with Crippen LogP contribution < -0.4 is 9.47 Å². The van der Waals surface area contributed by atoms with E-state index in [1.54, 1.807) is 20.3 Å². The molecule has 0 saturated heterocycles. The summed E-state index contributed by atoms with van der Waals surface area (Å²) in [6, 6.07) is 9.50. The molecule has 1 aliphatic rings. The molecule has 0 amide bonds. The minimum absolute atomic E-state index is 0.0472. The van der Waals surface area contributed by atoms with Gasteiger partial charge in [-0.1, -0.05) is 23.8 Å². The highest BCUT2D eigenvalue weighted by Gasteiger charge is 2.28. The molecule has 3 rings (SSSR count). The third-order valence-corrected chi connectivity index (χ3v) is 3.48. The third kappa shape index (κ3) is 1.62. The first-order valence-electron chi connectivity index (χ1n) is 6.07. The van der Waals surface area contributed by atoms with Crippen LogP contribution in [-0.2, 0) is 0 Å². The molecule has 0 heterocycles. The first-order valence-corrected chi connectivity index (χ1v) is 6.07. The molecular weight excluding hydrogens is 240 g/mol. The smallest absolute Gasteiger partial charge is 0.194 e. The van der Waals surface area contributed by atoms with Crippen LogP contribution in [0.1, 0.15) is 21.5 Å². The van der Waals surface area contributed by atoms with E-state index in [9.17, 15) is 4.79 Å². The molecule has 0 aromatic heterocycles. The SMILES string of the molecule is COc1cc2c(cc1OC)-c1cc(C)ccc1C2=O. The molecule has 0 radical (unpaired) electrons. The lowest BCUT2D eigenvalue weighted by molar-refractivity contribution is 0.104. The molecular formula is C16H14O3. The maximum atomic E-state index is 12.4. The summed E-state index contributed by atoms with van der Waals surface area (Å²) in [5.41, 5.74) is 4.45. The lowest BCUT2D eigenvalue weighted by Gasteiger charge is -2.09. The summed E-state index contributed by atoms with van der Waals surface area (Å²) in [6.45, 7) is 2.02. The topological polar surface area (TPSA) is 35.5 Å². The number of carbonyl (C=O) groups is 1. The Morgan fingerprint density at radius 2 is 1.37 bits per heavy atom. The van der Waals surface area contributed by atoms with Gasteiger partial charge in [-0.3, -0.25) is 4.79 Å². The van der Waals surface area contributed by atoms with Gasteiger partial charge in [-0.15, -0.1) is 0 Å². The molecule has 0 saturated carbocycles. The van der Waals surface area contributed by atoms with Crippen molar-refractivity contribution in [2.45, 2.75) is 6.92 Å². The van der Waals surface area contributed by atoms with Crippen LogP contribution in [0.15, 0.2) is 30.3 Å². The van der Waals surface area contributed by atoms with Crippen LogP contribution in [0, 0.1) is 6.92 Å². The average Bonchev–Trinajstić information content (AvgIpc) is 2.70. The number of hydrogen-bond donors (Lipinski definition) is 0. The molecule has 2 aromatic carbocycles. The van der Waals surface area contributed by atoms with E-state index >= 15 is 0 Å². The van der Waals surface area contributed by atoms with E-state index in [-0.39, 0.29) is 5.78 Å². The van der Waals surface area contributed by atoms with Crippen molar-refractivity contribution in [3.8, 4) is 22.6 Å². The Kier molecular flexibility index (Phi) is 2.56. The number of ketones is 1. The van der Waals surface area contributed by atoms with Crippen LogP contribution in [0.3, 0.4) is 0 Å². The van der Waals surface area contributed by atoms with Gasteiger partial charge in [-0.2, -0.15) is 0 Å². The number of carbonyl (C=O) groups excluding carboxylic acids is 1. The summed E-state index contributed by atoms with van der Waals surface area (Å²) >= 11 is 0. The maximum absolute atomic E-state index is 12.4. The summed E-state index contributed by atoms with van der Waals surface area (Å²) in [6.07, 6.45) is 0. The number of fused-ring (bicyclic) bond motifs is 3. The van der Waals surface area contributed by atoms with Gasteiger partial charge in [0.1, 0.15) is 0 Å². The molecule has 0 aliphatic heterocycles. The second-order valence-electron chi connectivity index (χ2n) is 4.63. The molecule has 3 heteroatoms. The van der Waals surface area contributed by atoms with E-state index in [1.807, 2.05) is 31.2 Å². The normalized spacial score (nSPS) is 12.1. The monoisotopic (exact) mass is 254 g/mol. The molecule has 0 N–H and O–H groups in total. The highest BCUT2D eigenvalue weighted by atomic mass is 16.5. The molecule has 0 unspecified atom stereocenters. The molecule has 0 spiro atoms. The van der Waals surface area contributed by atoms with Crippen LogP contribution in [0.4, 0.5) is 0 Å². The highest BCUT2D eigenvalue weighted by Crippen LogP contribution is 2.42. The summed E-state index contributed by atoms with van der Waals surface area (Å²) < 4.78 is 10.6. The summed E-state index contributed by atoms with van der Waals surface area (Å²) in [5, 5.41) is 0. The largest absolute Gasteiger partial charge is 0.493 e. The van der Waals surface area contributed by atoms with Crippen molar-refractivity contribution in [1.82, 2.24) is 0 Å². The van der Waals surface area contributed by atoms with Gasteiger partial charge < -0.3 is 9.47 Å². The van der Waals surface area contributed by atoms with Crippen molar-refractivity contribution in [3.63, 3.8) is 0 Å². The fourth-order valence-electron chi connectivity index (χ4n) is 2.51. The summed E-state index contributed by atoms with van der Waals surface area (Å²) in [7, 11) is 3.17. The minimum atomic E-state index is 0.0472. The second-order valence-corrected chi connectivity index (χ2v) is 4.63. The van der Waals surface area contributed by atoms with E-state index in [0.717, 1.165) is 22.3 Å². The number of hydrogen-bond acceptors (Lipinski definition) is 3. The van der Waals surface area contributed by atoms with Gasteiger partial charge in [0.2, 0.25) is 0 Å². The van der Waals surface area contributed by atoms with E-state index < -0.39 is 0 Å². The van der Waals surface area contributed by atoms with E-state index in [0.29, 0.717) is 17.1 Å². The third-order valence-electron chi connectivity index (χ3n) is 3.48. The molecule has 0 fully saturated rings. The van der Waals surface area contributed by atoms with Crippen LogP contribution in [0.25, 0.3) is 11.1 Å². The fraction of sp³-hybridized carbons (Fsp3) is 0.188. The first kappa shape index (κ1) is 11.8. The number of aryl methyl sites for hydroxylation is 1. The Morgan fingerprint density at radius 1 is 0.789 bits per heavy atom. The van der Waals surface area contributed by atoms with E-state index in [1.165, 1.54) is 0 Å². The van der Waals surface area contributed by atoms with Crippen molar-refractivity contribution < 1.29 is 14.3 Å². The number of methoxy groups -OCH3 is 2. The lowest BCUT2D eigenvalue weighted by atomic mass is 10.0. The predicted octanol–water partition coefficient (Wildman–Crippen LogP) is 3.22. The highest BCUT2D eigenvalue weighted by molar-refractivity contribution is 6.22. The minimum Gasteiger partial charge on any atom is -0.493 e. The fourth-order valence-corrected chi connectivity index (χ4v) is 2.51. The number of ether oxygens (including phenoxy) is 2. The molecule has 1 aliphatic carbocycles. The molecule has 2 aromatic rings. The van der Waals surface area contributed by atoms with Crippen molar-refractivity contribution >= 4 is 5.78 Å². The molecule has 0 bridgehead atoms. The molecule has 0 atom stereocenters. The average molecular weight is 254 g/mol. The van der Waals surface area contributed by atoms with Gasteiger partial charge in [0.15, 0.2) is 17.3 Å². The zero-order valence-electron chi connectivity index (χ0n) is 11.1. The van der Waals surface area contributed by atoms with Gasteiger partial charge in [0, 0.05) is 11.1 Å². The van der Waals surface area contributed by atoms with Gasteiger partial charge >= 0.3 is 0 Å². The van der Waals surface area contributed by atoms with Crippen LogP contribution in [0.5, 0.6) is 11.5 Å². The van der Waals surface area contributed by atoms with Crippen molar-refractivity contribution in [3.05, 3.63) is 47.0 Å². The quantitative estimate of drug-likeness (QED) is 0.704. The Hall–Kier alpha value is -2.29. The van der Waals surface area contributed by atoms with Gasteiger partial charge in [0.25, 0.3) is 0 Å². The summed E-state index contributed by atoms with van der Waals surface area (Å²) in [4.78, 5) is 12.4. The van der Waals surface area contributed by atoms with E-state index in [4.69, 9.17) is 9.47 Å². The maximum Gasteiger partial charge on any atom is 0.194 e. The zero-order valence-corrected chi connectivity index (χ0v) is 11.1. The molecule has 3 nitrogen and oxygen atoms in total. The van der Waals surface area contributed by atoms with Crippen LogP contribution >= 0.6 is 0 Å². The lowest BCUT2D eigenvalue weighted by Crippen LogP contribution is -1.97. The van der Waals surface area contributed by atoms with Gasteiger partial charge in [-0.05, 0) is 30.2 Å². The Bertz CT molecular complexity index is 687. The van der Waals surface area contributed by atoms with Gasteiger partial charge in [-0.25, -0.2) is 0 Å². The zero-order chi connectivity index (χ0) is 13.6. The number of benzene rings is 2. The van der Waals surface area contributed by atoms with Crippen LogP contribution in [0.2, 0.25) is 0 Å². The molecule has 19 heavy (non-hydrogen) atoms. The van der Waals surface area contributed by atoms with Crippen molar-refractivity contribution in [2.75, 3.05) is 14.2 Å². The Labute approximate surface area is 111 Å². The first-order chi connectivity index (χ1) is 9.15. The Balaban J connectivity index is 2.30. The van der Waals surface area contributed by atoms with E-state index in [2.05, 4.69) is 0 Å². The predicted molar refractivity (Wildman–Crippen MR) is 73.2 cm³/mol. The summed E-state index contributed by atoms with van der Waals surface area (Å²) in [5.74, 6) is 1.27. The Morgan fingerprint density at radius 3 is 2.00 bits per heavy atom. The molecule has 96 valence electrons. The van der Waals surface area contributed by atoms with Crippen molar-refractivity contribution in [1.29, 1.82) is 0 Å².